The topological polar surface area (TPSA) is 80.3 Å². The molecule has 0 aliphatic carbocycles. The first-order chi connectivity index (χ1) is 10.1. The quantitative estimate of drug-likeness (QED) is 0.903. The Bertz CT molecular complexity index is 716. The summed E-state index contributed by atoms with van der Waals surface area (Å²) in [6, 6.07) is 1.77. The Kier molecular flexibility index (Phi) is 4.35. The highest BCUT2D eigenvalue weighted by Gasteiger charge is 2.29. The summed E-state index contributed by atoms with van der Waals surface area (Å²) in [5.41, 5.74) is 0.277. The number of rotatable bonds is 4. The fourth-order valence-corrected chi connectivity index (χ4v) is 2.75. The minimum atomic E-state index is -1.24. The lowest BCUT2D eigenvalue weighted by molar-refractivity contribution is 0.0514. The maximum atomic E-state index is 12.3. The van der Waals surface area contributed by atoms with Crippen molar-refractivity contribution >= 4 is 17.5 Å². The highest BCUT2D eigenvalue weighted by atomic mass is 35.5. The summed E-state index contributed by atoms with van der Waals surface area (Å²) >= 11 is 6.07. The van der Waals surface area contributed by atoms with Crippen molar-refractivity contribution in [2.24, 2.45) is 7.05 Å². The van der Waals surface area contributed by atoms with Crippen LogP contribution < -0.4 is 5.32 Å². The van der Waals surface area contributed by atoms with Gasteiger partial charge in [0.25, 0.3) is 5.91 Å². The van der Waals surface area contributed by atoms with Crippen molar-refractivity contribution in [2.75, 3.05) is 6.54 Å². The number of carbonyl (C=O) groups excluding carboxylic acids is 1. The first-order valence-corrected chi connectivity index (χ1v) is 7.28. The Balaban J connectivity index is 2.15. The molecule has 1 unspecified atom stereocenters. The van der Waals surface area contributed by atoms with E-state index in [-0.39, 0.29) is 17.6 Å². The average Bonchev–Trinajstić information content (AvgIpc) is 2.87. The van der Waals surface area contributed by atoms with Crippen LogP contribution in [0.5, 0.6) is 0 Å². The van der Waals surface area contributed by atoms with Crippen molar-refractivity contribution in [2.45, 2.75) is 33.3 Å². The molecule has 22 heavy (non-hydrogen) atoms. The summed E-state index contributed by atoms with van der Waals surface area (Å²) in [6.45, 7) is 6.96. The Morgan fingerprint density at radius 2 is 2.14 bits per heavy atom. The van der Waals surface area contributed by atoms with E-state index in [4.69, 9.17) is 16.0 Å². The molecule has 0 bridgehead atoms. The van der Waals surface area contributed by atoms with Gasteiger partial charge in [0.2, 0.25) is 0 Å². The van der Waals surface area contributed by atoms with Gasteiger partial charge in [0.15, 0.2) is 0 Å². The molecule has 0 aliphatic heterocycles. The Morgan fingerprint density at radius 3 is 2.59 bits per heavy atom. The number of hydrogen-bond acceptors (Lipinski definition) is 4. The van der Waals surface area contributed by atoms with Crippen molar-refractivity contribution < 1.29 is 14.3 Å². The highest BCUT2D eigenvalue weighted by Crippen LogP contribution is 2.26. The summed E-state index contributed by atoms with van der Waals surface area (Å²) in [5.74, 6) is 0.978. The van der Waals surface area contributed by atoms with Crippen LogP contribution in [0.4, 0.5) is 0 Å². The fraction of sp³-hybridized carbons (Fsp3) is 0.467. The second-order valence-corrected chi connectivity index (χ2v) is 6.02. The van der Waals surface area contributed by atoms with E-state index in [1.54, 1.807) is 33.9 Å². The van der Waals surface area contributed by atoms with Crippen molar-refractivity contribution in [3.05, 3.63) is 39.6 Å². The smallest absolute Gasteiger partial charge is 0.256 e. The van der Waals surface area contributed by atoms with Gasteiger partial charge in [-0.2, -0.15) is 5.10 Å². The molecular formula is C15H20ClN3O3. The Labute approximate surface area is 134 Å². The number of amides is 1. The van der Waals surface area contributed by atoms with Gasteiger partial charge in [0, 0.05) is 12.6 Å². The van der Waals surface area contributed by atoms with Crippen LogP contribution in [0.1, 0.15) is 40.1 Å². The molecule has 0 radical (unpaired) electrons. The molecule has 2 rings (SSSR count). The van der Waals surface area contributed by atoms with Crippen molar-refractivity contribution in [3.63, 3.8) is 0 Å². The zero-order chi connectivity index (χ0) is 16.7. The Hall–Kier alpha value is -1.79. The van der Waals surface area contributed by atoms with Gasteiger partial charge in [0.1, 0.15) is 22.3 Å². The average molecular weight is 326 g/mol. The summed E-state index contributed by atoms with van der Waals surface area (Å²) < 4.78 is 6.86. The van der Waals surface area contributed by atoms with Crippen LogP contribution in [0.2, 0.25) is 5.15 Å². The van der Waals surface area contributed by atoms with Gasteiger partial charge >= 0.3 is 0 Å². The SMILES string of the molecule is Cc1cc(C(C)(O)CNC(=O)c2c(C)nn(C)c2Cl)c(C)o1. The first-order valence-electron chi connectivity index (χ1n) is 6.90. The molecule has 0 saturated heterocycles. The third-order valence-corrected chi connectivity index (χ3v) is 4.03. The minimum absolute atomic E-state index is 0.0380. The van der Waals surface area contributed by atoms with Crippen LogP contribution >= 0.6 is 11.6 Å². The number of nitrogens with one attached hydrogen (secondary N) is 1. The van der Waals surface area contributed by atoms with E-state index in [0.717, 1.165) is 0 Å². The van der Waals surface area contributed by atoms with Crippen molar-refractivity contribution in [3.8, 4) is 0 Å². The van der Waals surface area contributed by atoms with E-state index in [2.05, 4.69) is 10.4 Å². The summed E-state index contributed by atoms with van der Waals surface area (Å²) in [5, 5.41) is 17.7. The predicted molar refractivity (Wildman–Crippen MR) is 83.0 cm³/mol. The largest absolute Gasteiger partial charge is 0.466 e. The van der Waals surface area contributed by atoms with Gasteiger partial charge in [-0.05, 0) is 33.8 Å². The number of halogens is 1. The number of aryl methyl sites for hydroxylation is 4. The molecule has 2 aromatic heterocycles. The van der Waals surface area contributed by atoms with Crippen LogP contribution in [0, 0.1) is 20.8 Å². The molecule has 6 nitrogen and oxygen atoms in total. The number of aromatic nitrogens is 2. The summed E-state index contributed by atoms with van der Waals surface area (Å²) in [6.07, 6.45) is 0. The van der Waals surface area contributed by atoms with Crippen molar-refractivity contribution in [1.82, 2.24) is 15.1 Å². The molecule has 0 fully saturated rings. The van der Waals surface area contributed by atoms with Crippen LogP contribution in [0.15, 0.2) is 10.5 Å². The van der Waals surface area contributed by atoms with E-state index in [0.29, 0.717) is 28.3 Å². The van der Waals surface area contributed by atoms with Gasteiger partial charge < -0.3 is 14.8 Å². The van der Waals surface area contributed by atoms with Gasteiger partial charge in [-0.25, -0.2) is 0 Å². The second kappa shape index (κ2) is 5.78. The molecule has 2 N–H and O–H groups in total. The molecule has 2 aromatic rings. The molecule has 2 heterocycles. The molecule has 1 amide bonds. The zero-order valence-corrected chi connectivity index (χ0v) is 14.1. The molecule has 0 aromatic carbocycles. The number of aliphatic hydroxyl groups is 1. The number of nitrogens with zero attached hydrogens (tertiary/aromatic N) is 2. The highest BCUT2D eigenvalue weighted by molar-refractivity contribution is 6.33. The lowest BCUT2D eigenvalue weighted by Gasteiger charge is -2.23. The minimum Gasteiger partial charge on any atom is -0.466 e. The number of carbonyl (C=O) groups is 1. The maximum Gasteiger partial charge on any atom is 0.256 e. The lowest BCUT2D eigenvalue weighted by Crippen LogP contribution is -2.39. The standard InChI is InChI=1S/C15H20ClN3O3/c1-8-6-11(10(3)22-8)15(4,21)7-17-14(20)12-9(2)18-19(5)13(12)16/h6,21H,7H2,1-5H3,(H,17,20). The normalized spacial score (nSPS) is 14.0. The van der Waals surface area contributed by atoms with Crippen molar-refractivity contribution in [1.29, 1.82) is 0 Å². The molecule has 1 atom stereocenters. The fourth-order valence-electron chi connectivity index (χ4n) is 2.49. The summed E-state index contributed by atoms with van der Waals surface area (Å²) in [7, 11) is 1.67. The second-order valence-electron chi connectivity index (χ2n) is 5.66. The van der Waals surface area contributed by atoms with E-state index in [1.807, 2.05) is 6.92 Å². The number of hydrogen-bond donors (Lipinski definition) is 2. The Morgan fingerprint density at radius 1 is 1.50 bits per heavy atom. The molecule has 0 saturated carbocycles. The molecule has 120 valence electrons. The van der Waals surface area contributed by atoms with Crippen LogP contribution in [-0.2, 0) is 12.6 Å². The van der Waals surface area contributed by atoms with E-state index < -0.39 is 5.60 Å². The summed E-state index contributed by atoms with van der Waals surface area (Å²) in [4.78, 5) is 12.3. The zero-order valence-electron chi connectivity index (χ0n) is 13.3. The molecular weight excluding hydrogens is 306 g/mol. The molecule has 0 spiro atoms. The van der Waals surface area contributed by atoms with Crippen LogP contribution in [0.25, 0.3) is 0 Å². The number of furan rings is 1. The van der Waals surface area contributed by atoms with Gasteiger partial charge in [-0.1, -0.05) is 11.6 Å². The van der Waals surface area contributed by atoms with E-state index in [1.165, 1.54) is 4.68 Å². The monoisotopic (exact) mass is 325 g/mol. The lowest BCUT2D eigenvalue weighted by atomic mass is 9.96. The molecule has 7 heteroatoms. The first kappa shape index (κ1) is 16.6. The van der Waals surface area contributed by atoms with E-state index >= 15 is 0 Å². The molecule has 0 aliphatic rings. The van der Waals surface area contributed by atoms with Gasteiger partial charge in [-0.3, -0.25) is 9.48 Å². The third kappa shape index (κ3) is 3.03. The van der Waals surface area contributed by atoms with Gasteiger partial charge in [0.05, 0.1) is 17.8 Å². The van der Waals surface area contributed by atoms with Crippen LogP contribution in [-0.4, -0.2) is 27.3 Å². The third-order valence-electron chi connectivity index (χ3n) is 3.59. The van der Waals surface area contributed by atoms with E-state index in [9.17, 15) is 9.90 Å². The predicted octanol–water partition coefficient (Wildman–Crippen LogP) is 2.23. The maximum absolute atomic E-state index is 12.3. The van der Waals surface area contributed by atoms with Crippen LogP contribution in [0.3, 0.4) is 0 Å². The van der Waals surface area contributed by atoms with Gasteiger partial charge in [-0.15, -0.1) is 0 Å².